The quantitative estimate of drug-likeness (QED) is 0.487. The summed E-state index contributed by atoms with van der Waals surface area (Å²) in [4.78, 5) is 37.1. The Morgan fingerprint density at radius 3 is 2.77 bits per heavy atom. The molecule has 31 heavy (non-hydrogen) atoms. The first-order valence-corrected chi connectivity index (χ1v) is 11.1. The van der Waals surface area contributed by atoms with E-state index in [1.165, 1.54) is 35.6 Å². The molecule has 5 rings (SSSR count). The van der Waals surface area contributed by atoms with Gasteiger partial charge in [-0.2, -0.15) is 0 Å². The molecular weight excluding hydrogens is 414 g/mol. The van der Waals surface area contributed by atoms with Crippen molar-refractivity contribution in [1.29, 1.82) is 0 Å². The Hall–Kier alpha value is -3.33. The van der Waals surface area contributed by atoms with E-state index in [1.807, 2.05) is 24.3 Å². The molecule has 1 aromatic carbocycles. The molecule has 9 heteroatoms. The number of benzene rings is 1. The molecule has 4 aromatic rings. The van der Waals surface area contributed by atoms with Crippen LogP contribution in [0.5, 0.6) is 0 Å². The second kappa shape index (κ2) is 8.07. The molecular formula is C22H21N5O3S. The SMILES string of the molecule is CC(=O)Nc1nc2ccc(-c3cnc4ncn(C(=O)OC5CCCCC5)c4c3)cc2s1. The lowest BCUT2D eigenvalue weighted by Crippen LogP contribution is -2.23. The number of carbonyl (C=O) groups excluding carboxylic acids is 2. The largest absolute Gasteiger partial charge is 0.446 e. The zero-order valence-corrected chi connectivity index (χ0v) is 17.8. The molecule has 1 amide bonds. The van der Waals surface area contributed by atoms with Crippen molar-refractivity contribution >= 4 is 49.8 Å². The molecule has 0 aliphatic heterocycles. The van der Waals surface area contributed by atoms with E-state index in [0.717, 1.165) is 47.0 Å². The van der Waals surface area contributed by atoms with Crippen LogP contribution in [0.4, 0.5) is 9.93 Å². The number of anilines is 1. The number of nitrogens with one attached hydrogen (secondary N) is 1. The number of aromatic nitrogens is 4. The van der Waals surface area contributed by atoms with Crippen LogP contribution in [-0.2, 0) is 9.53 Å². The lowest BCUT2D eigenvalue weighted by molar-refractivity contribution is -0.114. The standard InChI is InChI=1S/C22H21N5O3S/c1-13(28)25-21-26-17-8-7-14(10-19(17)31-21)15-9-18-20(23-11-15)24-12-27(18)22(29)30-16-5-3-2-4-6-16/h7-12,16H,2-6H2,1H3,(H,25,26,28). The van der Waals surface area contributed by atoms with Crippen LogP contribution in [0.25, 0.3) is 32.5 Å². The van der Waals surface area contributed by atoms with Gasteiger partial charge in [0.2, 0.25) is 5.91 Å². The minimum absolute atomic E-state index is 0.0265. The van der Waals surface area contributed by atoms with Gasteiger partial charge in [-0.3, -0.25) is 4.79 Å². The summed E-state index contributed by atoms with van der Waals surface area (Å²) in [6.45, 7) is 1.46. The number of fused-ring (bicyclic) bond motifs is 2. The summed E-state index contributed by atoms with van der Waals surface area (Å²) in [7, 11) is 0. The Morgan fingerprint density at radius 1 is 1.13 bits per heavy atom. The lowest BCUT2D eigenvalue weighted by atomic mass is 9.98. The Labute approximate surface area is 182 Å². The average Bonchev–Trinajstić information content (AvgIpc) is 3.36. The first-order valence-electron chi connectivity index (χ1n) is 10.3. The van der Waals surface area contributed by atoms with Gasteiger partial charge in [0.15, 0.2) is 10.8 Å². The average molecular weight is 436 g/mol. The second-order valence-corrected chi connectivity index (χ2v) is 8.74. The van der Waals surface area contributed by atoms with Crippen LogP contribution < -0.4 is 5.32 Å². The zero-order chi connectivity index (χ0) is 21.4. The molecule has 0 saturated heterocycles. The number of hydrogen-bond donors (Lipinski definition) is 1. The van der Waals surface area contributed by atoms with Gasteiger partial charge in [-0.25, -0.2) is 24.3 Å². The van der Waals surface area contributed by atoms with Crippen LogP contribution in [0.3, 0.4) is 0 Å². The molecule has 1 N–H and O–H groups in total. The molecule has 158 valence electrons. The van der Waals surface area contributed by atoms with Crippen molar-refractivity contribution in [1.82, 2.24) is 19.5 Å². The normalized spacial score (nSPS) is 14.7. The molecule has 1 aliphatic carbocycles. The van der Waals surface area contributed by atoms with E-state index < -0.39 is 6.09 Å². The van der Waals surface area contributed by atoms with Crippen LogP contribution in [0, 0.1) is 0 Å². The summed E-state index contributed by atoms with van der Waals surface area (Å²) in [5.41, 5.74) is 3.72. The Morgan fingerprint density at radius 2 is 1.97 bits per heavy atom. The number of imidazole rings is 1. The van der Waals surface area contributed by atoms with Gasteiger partial charge in [-0.05, 0) is 49.4 Å². The molecule has 0 atom stereocenters. The third-order valence-electron chi connectivity index (χ3n) is 5.42. The fraction of sp³-hybridized carbons (Fsp3) is 0.318. The number of ether oxygens (including phenoxy) is 1. The van der Waals surface area contributed by atoms with Crippen molar-refractivity contribution in [2.45, 2.75) is 45.1 Å². The second-order valence-electron chi connectivity index (χ2n) is 7.71. The van der Waals surface area contributed by atoms with E-state index in [9.17, 15) is 9.59 Å². The summed E-state index contributed by atoms with van der Waals surface area (Å²) in [5, 5.41) is 3.29. The first kappa shape index (κ1) is 19.6. The Balaban J connectivity index is 1.45. The first-order chi connectivity index (χ1) is 15.1. The maximum absolute atomic E-state index is 12.7. The zero-order valence-electron chi connectivity index (χ0n) is 17.0. The molecule has 0 spiro atoms. The molecule has 8 nitrogen and oxygen atoms in total. The third kappa shape index (κ3) is 4.00. The van der Waals surface area contributed by atoms with Crippen LogP contribution in [0.15, 0.2) is 36.8 Å². The predicted molar refractivity (Wildman–Crippen MR) is 119 cm³/mol. The van der Waals surface area contributed by atoms with Gasteiger partial charge < -0.3 is 10.1 Å². The Kier molecular flexibility index (Phi) is 5.11. The summed E-state index contributed by atoms with van der Waals surface area (Å²) in [5.74, 6) is -0.151. The van der Waals surface area contributed by atoms with Crippen molar-refractivity contribution in [3.63, 3.8) is 0 Å². The molecule has 1 saturated carbocycles. The Bertz CT molecular complexity index is 1290. The molecule has 1 aliphatic rings. The third-order valence-corrected chi connectivity index (χ3v) is 6.36. The smallest absolute Gasteiger partial charge is 0.420 e. The fourth-order valence-electron chi connectivity index (χ4n) is 3.89. The predicted octanol–water partition coefficient (Wildman–Crippen LogP) is 4.98. The number of carbonyl (C=O) groups is 2. The monoisotopic (exact) mass is 435 g/mol. The maximum Gasteiger partial charge on any atom is 0.420 e. The summed E-state index contributed by atoms with van der Waals surface area (Å²) in [6, 6.07) is 7.76. The number of pyridine rings is 1. The summed E-state index contributed by atoms with van der Waals surface area (Å²) < 4.78 is 8.08. The summed E-state index contributed by atoms with van der Waals surface area (Å²) >= 11 is 1.41. The number of rotatable bonds is 3. The molecule has 0 unspecified atom stereocenters. The lowest BCUT2D eigenvalue weighted by Gasteiger charge is -2.21. The van der Waals surface area contributed by atoms with Crippen LogP contribution in [0.1, 0.15) is 39.0 Å². The topological polar surface area (TPSA) is 99.0 Å². The van der Waals surface area contributed by atoms with Crippen LogP contribution in [-0.4, -0.2) is 37.6 Å². The number of hydrogen-bond acceptors (Lipinski definition) is 7. The summed E-state index contributed by atoms with van der Waals surface area (Å²) in [6.07, 6.45) is 7.99. The van der Waals surface area contributed by atoms with E-state index in [-0.39, 0.29) is 12.0 Å². The van der Waals surface area contributed by atoms with Crippen molar-refractivity contribution in [3.05, 3.63) is 36.8 Å². The molecule has 1 fully saturated rings. The van der Waals surface area contributed by atoms with E-state index in [1.54, 1.807) is 6.20 Å². The molecule has 3 heterocycles. The van der Waals surface area contributed by atoms with E-state index in [4.69, 9.17) is 4.74 Å². The minimum atomic E-state index is -0.411. The highest BCUT2D eigenvalue weighted by Crippen LogP contribution is 2.31. The van der Waals surface area contributed by atoms with Gasteiger partial charge in [0.05, 0.1) is 15.7 Å². The van der Waals surface area contributed by atoms with E-state index >= 15 is 0 Å². The molecule has 0 bridgehead atoms. The fourth-order valence-corrected chi connectivity index (χ4v) is 4.84. The van der Waals surface area contributed by atoms with Gasteiger partial charge >= 0.3 is 6.09 Å². The van der Waals surface area contributed by atoms with E-state index in [2.05, 4.69) is 20.3 Å². The maximum atomic E-state index is 12.7. The van der Waals surface area contributed by atoms with E-state index in [0.29, 0.717) is 16.3 Å². The van der Waals surface area contributed by atoms with Crippen LogP contribution in [0.2, 0.25) is 0 Å². The van der Waals surface area contributed by atoms with Crippen molar-refractivity contribution in [2.75, 3.05) is 5.32 Å². The highest BCUT2D eigenvalue weighted by Gasteiger charge is 2.20. The van der Waals surface area contributed by atoms with Gasteiger partial charge in [0.25, 0.3) is 0 Å². The highest BCUT2D eigenvalue weighted by atomic mass is 32.1. The van der Waals surface area contributed by atoms with Gasteiger partial charge in [-0.1, -0.05) is 23.8 Å². The molecule has 0 radical (unpaired) electrons. The van der Waals surface area contributed by atoms with Crippen molar-refractivity contribution in [2.24, 2.45) is 0 Å². The number of nitrogens with zero attached hydrogens (tertiary/aromatic N) is 4. The molecule has 3 aromatic heterocycles. The highest BCUT2D eigenvalue weighted by molar-refractivity contribution is 7.22. The van der Waals surface area contributed by atoms with Crippen molar-refractivity contribution < 1.29 is 14.3 Å². The van der Waals surface area contributed by atoms with Gasteiger partial charge in [-0.15, -0.1) is 0 Å². The number of amides is 1. The van der Waals surface area contributed by atoms with Gasteiger partial charge in [0, 0.05) is 18.7 Å². The van der Waals surface area contributed by atoms with Crippen LogP contribution >= 0.6 is 11.3 Å². The number of thiazole rings is 1. The van der Waals surface area contributed by atoms with Crippen molar-refractivity contribution in [3.8, 4) is 11.1 Å². The van der Waals surface area contributed by atoms with Gasteiger partial charge in [0.1, 0.15) is 12.4 Å². The minimum Gasteiger partial charge on any atom is -0.446 e.